The molecule has 0 saturated carbocycles. The maximum Gasteiger partial charge on any atom is 0.159 e. The van der Waals surface area contributed by atoms with Crippen LogP contribution in [0, 0.1) is 5.92 Å². The molecule has 4 heteroatoms. The average Bonchev–Trinajstić information content (AvgIpc) is 1.84. The van der Waals surface area contributed by atoms with Crippen LogP contribution in [-0.4, -0.2) is 25.5 Å². The van der Waals surface area contributed by atoms with Gasteiger partial charge in [0.05, 0.1) is 10.8 Å². The fourth-order valence-electron chi connectivity index (χ4n) is 0.654. The maximum atomic E-state index is 11.1. The van der Waals surface area contributed by atoms with Crippen molar-refractivity contribution in [1.82, 2.24) is 0 Å². The van der Waals surface area contributed by atoms with E-state index in [2.05, 4.69) is 0 Å². The first-order chi connectivity index (χ1) is 4.98. The second-order valence-corrected chi connectivity index (χ2v) is 6.45. The van der Waals surface area contributed by atoms with Crippen molar-refractivity contribution >= 4 is 21.6 Å². The zero-order valence-electron chi connectivity index (χ0n) is 7.33. The van der Waals surface area contributed by atoms with E-state index in [4.69, 9.17) is 0 Å². The highest BCUT2D eigenvalue weighted by atomic mass is 32.3. The molecule has 68 valence electrons. The van der Waals surface area contributed by atoms with Gasteiger partial charge in [0.15, 0.2) is 9.84 Å². The van der Waals surface area contributed by atoms with Crippen molar-refractivity contribution in [3.05, 3.63) is 0 Å². The van der Waals surface area contributed by atoms with Crippen molar-refractivity contribution in [3.63, 3.8) is 0 Å². The van der Waals surface area contributed by atoms with Gasteiger partial charge in [-0.15, -0.1) is 11.8 Å². The highest BCUT2D eigenvalue weighted by Gasteiger charge is 2.09. The van der Waals surface area contributed by atoms with Crippen molar-refractivity contribution in [2.45, 2.75) is 20.3 Å². The predicted octanol–water partition coefficient (Wildman–Crippen LogP) is 1.77. The van der Waals surface area contributed by atoms with Gasteiger partial charge in [0, 0.05) is 0 Å². The Morgan fingerprint density at radius 3 is 2.27 bits per heavy atom. The van der Waals surface area contributed by atoms with Gasteiger partial charge in [0.1, 0.15) is 0 Å². The third-order valence-corrected chi connectivity index (χ3v) is 4.54. The Morgan fingerprint density at radius 1 is 1.36 bits per heavy atom. The molecule has 0 N–H and O–H groups in total. The van der Waals surface area contributed by atoms with Crippen LogP contribution in [0.2, 0.25) is 0 Å². The van der Waals surface area contributed by atoms with Gasteiger partial charge in [0.2, 0.25) is 0 Å². The van der Waals surface area contributed by atoms with Crippen molar-refractivity contribution in [1.29, 1.82) is 0 Å². The number of thioether (sulfide) groups is 1. The zero-order valence-corrected chi connectivity index (χ0v) is 8.96. The highest BCUT2D eigenvalue weighted by Crippen LogP contribution is 2.07. The SMILES string of the molecule is CSCS(=O)(=O)CCC(C)C. The lowest BCUT2D eigenvalue weighted by atomic mass is 10.2. The van der Waals surface area contributed by atoms with Gasteiger partial charge in [-0.05, 0) is 18.6 Å². The number of rotatable bonds is 5. The van der Waals surface area contributed by atoms with E-state index in [0.717, 1.165) is 6.42 Å². The first-order valence-corrected chi connectivity index (χ1v) is 6.89. The van der Waals surface area contributed by atoms with E-state index in [9.17, 15) is 8.42 Å². The number of sulfone groups is 1. The summed E-state index contributed by atoms with van der Waals surface area (Å²) >= 11 is 1.37. The molecule has 0 aliphatic heterocycles. The topological polar surface area (TPSA) is 34.1 Å². The molecule has 0 aromatic rings. The number of hydrogen-bond acceptors (Lipinski definition) is 3. The van der Waals surface area contributed by atoms with Crippen LogP contribution < -0.4 is 0 Å². The summed E-state index contributed by atoms with van der Waals surface area (Å²) in [6.45, 7) is 4.07. The van der Waals surface area contributed by atoms with Crippen molar-refractivity contribution in [2.75, 3.05) is 17.1 Å². The molecule has 0 aromatic carbocycles. The van der Waals surface area contributed by atoms with Crippen LogP contribution in [0.5, 0.6) is 0 Å². The fraction of sp³-hybridized carbons (Fsp3) is 1.00. The van der Waals surface area contributed by atoms with E-state index in [1.165, 1.54) is 11.8 Å². The monoisotopic (exact) mass is 196 g/mol. The summed E-state index contributed by atoms with van der Waals surface area (Å²) in [6.07, 6.45) is 2.59. The molecule has 0 atom stereocenters. The van der Waals surface area contributed by atoms with Crippen molar-refractivity contribution < 1.29 is 8.42 Å². The van der Waals surface area contributed by atoms with E-state index in [-0.39, 0.29) is 5.08 Å². The van der Waals surface area contributed by atoms with Crippen LogP contribution >= 0.6 is 11.8 Å². The minimum Gasteiger partial charge on any atom is -0.228 e. The Kier molecular flexibility index (Phi) is 5.17. The summed E-state index contributed by atoms with van der Waals surface area (Å²) in [4.78, 5) is 0. The highest BCUT2D eigenvalue weighted by molar-refractivity contribution is 8.12. The van der Waals surface area contributed by atoms with Gasteiger partial charge in [0.25, 0.3) is 0 Å². The molecule has 0 amide bonds. The Morgan fingerprint density at radius 2 is 1.91 bits per heavy atom. The summed E-state index contributed by atoms with van der Waals surface area (Å²) < 4.78 is 22.2. The van der Waals surface area contributed by atoms with Crippen LogP contribution in [0.25, 0.3) is 0 Å². The second-order valence-electron chi connectivity index (χ2n) is 3.04. The third kappa shape index (κ3) is 6.69. The predicted molar refractivity (Wildman–Crippen MR) is 51.6 cm³/mol. The Bertz CT molecular complexity index is 183. The first kappa shape index (κ1) is 11.3. The quantitative estimate of drug-likeness (QED) is 0.672. The molecule has 0 bridgehead atoms. The van der Waals surface area contributed by atoms with E-state index < -0.39 is 9.84 Å². The molecule has 2 nitrogen and oxygen atoms in total. The lowest BCUT2D eigenvalue weighted by molar-refractivity contribution is 0.577. The Labute approximate surface area is 73.7 Å². The molecule has 0 spiro atoms. The molecule has 0 aliphatic rings. The molecule has 0 radical (unpaired) electrons. The maximum absolute atomic E-state index is 11.1. The number of hydrogen-bond donors (Lipinski definition) is 0. The van der Waals surface area contributed by atoms with Crippen LogP contribution in [-0.2, 0) is 9.84 Å². The van der Waals surface area contributed by atoms with Crippen LogP contribution in [0.15, 0.2) is 0 Å². The molecule has 0 rings (SSSR count). The fourth-order valence-corrected chi connectivity index (χ4v) is 3.39. The molecule has 0 heterocycles. The molecule has 0 aromatic heterocycles. The average molecular weight is 196 g/mol. The van der Waals surface area contributed by atoms with Gasteiger partial charge in [-0.1, -0.05) is 13.8 Å². The van der Waals surface area contributed by atoms with Crippen LogP contribution in [0.3, 0.4) is 0 Å². The standard InChI is InChI=1S/C7H16O2S2/c1-7(2)4-5-11(8,9)6-10-3/h7H,4-6H2,1-3H3. The molecule has 0 saturated heterocycles. The minimum atomic E-state index is -2.76. The van der Waals surface area contributed by atoms with E-state index in [1.807, 2.05) is 20.1 Å². The summed E-state index contributed by atoms with van der Waals surface area (Å²) in [5.74, 6) is 0.817. The summed E-state index contributed by atoms with van der Waals surface area (Å²) in [7, 11) is -2.76. The molecule has 0 fully saturated rings. The van der Waals surface area contributed by atoms with Crippen molar-refractivity contribution in [2.24, 2.45) is 5.92 Å². The van der Waals surface area contributed by atoms with Gasteiger partial charge < -0.3 is 0 Å². The first-order valence-electron chi connectivity index (χ1n) is 3.67. The smallest absolute Gasteiger partial charge is 0.159 e. The molecule has 0 aliphatic carbocycles. The van der Waals surface area contributed by atoms with E-state index >= 15 is 0 Å². The summed E-state index contributed by atoms with van der Waals surface area (Å²) in [5.41, 5.74) is 0. The van der Waals surface area contributed by atoms with Gasteiger partial charge in [-0.3, -0.25) is 0 Å². The van der Waals surface area contributed by atoms with Crippen LogP contribution in [0.1, 0.15) is 20.3 Å². The molecule has 11 heavy (non-hydrogen) atoms. The minimum absolute atomic E-state index is 0.264. The largest absolute Gasteiger partial charge is 0.228 e. The Hall–Kier alpha value is 0.300. The molecular weight excluding hydrogens is 180 g/mol. The van der Waals surface area contributed by atoms with Crippen LogP contribution in [0.4, 0.5) is 0 Å². The van der Waals surface area contributed by atoms with E-state index in [1.54, 1.807) is 0 Å². The normalized spacial score (nSPS) is 12.4. The second kappa shape index (κ2) is 5.04. The summed E-state index contributed by atoms with van der Waals surface area (Å²) in [5, 5.41) is 0.264. The Balaban J connectivity index is 3.74. The zero-order chi connectivity index (χ0) is 8.91. The lowest BCUT2D eigenvalue weighted by Crippen LogP contribution is -2.10. The van der Waals surface area contributed by atoms with Gasteiger partial charge >= 0.3 is 0 Å². The third-order valence-electron chi connectivity index (χ3n) is 1.30. The van der Waals surface area contributed by atoms with Gasteiger partial charge in [-0.25, -0.2) is 8.42 Å². The molecule has 0 unspecified atom stereocenters. The van der Waals surface area contributed by atoms with Gasteiger partial charge in [-0.2, -0.15) is 0 Å². The molecular formula is C7H16O2S2. The van der Waals surface area contributed by atoms with E-state index in [0.29, 0.717) is 11.7 Å². The lowest BCUT2D eigenvalue weighted by Gasteiger charge is -2.04. The summed E-state index contributed by atoms with van der Waals surface area (Å²) in [6, 6.07) is 0. The van der Waals surface area contributed by atoms with Crippen molar-refractivity contribution in [3.8, 4) is 0 Å².